The standard InChI is InChI=1S/C23H16ClFN2O2S/c24-17-9-3-5-11-19(17)26-23-27-22(28)21(30-23)13-15-7-2-6-12-20(15)29-14-16-8-1-4-10-18(16)25/h1-13H,14H2,(H,26,27,28)/b21-13+. The lowest BCUT2D eigenvalue weighted by molar-refractivity contribution is -0.115. The van der Waals surface area contributed by atoms with Crippen molar-refractivity contribution < 1.29 is 13.9 Å². The number of carbonyl (C=O) groups is 1. The molecule has 1 saturated heterocycles. The van der Waals surface area contributed by atoms with Crippen LogP contribution in [-0.4, -0.2) is 11.1 Å². The number of aliphatic imine (C=N–C) groups is 1. The number of hydrogen-bond acceptors (Lipinski definition) is 4. The average molecular weight is 439 g/mol. The van der Waals surface area contributed by atoms with Crippen molar-refractivity contribution in [2.45, 2.75) is 6.61 Å². The second kappa shape index (κ2) is 9.15. The van der Waals surface area contributed by atoms with Gasteiger partial charge in [-0.1, -0.05) is 60.1 Å². The maximum atomic E-state index is 13.9. The summed E-state index contributed by atoms with van der Waals surface area (Å²) in [6.07, 6.45) is 1.73. The minimum atomic E-state index is -0.320. The van der Waals surface area contributed by atoms with Gasteiger partial charge in [0, 0.05) is 11.1 Å². The Morgan fingerprint density at radius 1 is 1.03 bits per heavy atom. The van der Waals surface area contributed by atoms with E-state index in [2.05, 4.69) is 10.3 Å². The zero-order chi connectivity index (χ0) is 20.9. The highest BCUT2D eigenvalue weighted by atomic mass is 35.5. The summed E-state index contributed by atoms with van der Waals surface area (Å²) in [5.74, 6) is -0.0210. The van der Waals surface area contributed by atoms with Gasteiger partial charge in [0.15, 0.2) is 5.17 Å². The Morgan fingerprint density at radius 3 is 2.60 bits per heavy atom. The van der Waals surface area contributed by atoms with Gasteiger partial charge in [-0.3, -0.25) is 4.79 Å². The Labute approximate surface area is 182 Å². The molecule has 0 aliphatic carbocycles. The molecule has 1 aliphatic heterocycles. The Morgan fingerprint density at radius 2 is 1.77 bits per heavy atom. The second-order valence-corrected chi connectivity index (χ2v) is 7.79. The molecule has 30 heavy (non-hydrogen) atoms. The van der Waals surface area contributed by atoms with Gasteiger partial charge in [-0.2, -0.15) is 0 Å². The third-order valence-corrected chi connectivity index (χ3v) is 5.50. The van der Waals surface area contributed by atoms with Crippen LogP contribution in [0.15, 0.2) is 82.7 Å². The van der Waals surface area contributed by atoms with Crippen molar-refractivity contribution in [3.63, 3.8) is 0 Å². The number of amides is 1. The van der Waals surface area contributed by atoms with Crippen molar-refractivity contribution in [3.8, 4) is 5.75 Å². The fourth-order valence-electron chi connectivity index (χ4n) is 2.78. The number of hydrogen-bond donors (Lipinski definition) is 1. The summed E-state index contributed by atoms with van der Waals surface area (Å²) in [5, 5.41) is 3.69. The molecular formula is C23H16ClFN2O2S. The van der Waals surface area contributed by atoms with E-state index in [9.17, 15) is 9.18 Å². The van der Waals surface area contributed by atoms with Gasteiger partial charge in [0.05, 0.1) is 15.6 Å². The van der Waals surface area contributed by atoms with E-state index < -0.39 is 0 Å². The van der Waals surface area contributed by atoms with Crippen LogP contribution >= 0.6 is 23.4 Å². The zero-order valence-corrected chi connectivity index (χ0v) is 17.2. The summed E-state index contributed by atoms with van der Waals surface area (Å²) in [7, 11) is 0. The Kier molecular flexibility index (Phi) is 6.16. The largest absolute Gasteiger partial charge is 0.488 e. The van der Waals surface area contributed by atoms with Crippen molar-refractivity contribution in [1.29, 1.82) is 0 Å². The third-order valence-electron chi connectivity index (χ3n) is 4.27. The first-order chi connectivity index (χ1) is 14.6. The molecule has 0 spiro atoms. The second-order valence-electron chi connectivity index (χ2n) is 6.35. The fraction of sp³-hybridized carbons (Fsp3) is 0.0435. The highest BCUT2D eigenvalue weighted by Crippen LogP contribution is 2.32. The molecule has 0 unspecified atom stereocenters. The van der Waals surface area contributed by atoms with Gasteiger partial charge >= 0.3 is 0 Å². The van der Waals surface area contributed by atoms with Crippen LogP contribution < -0.4 is 10.1 Å². The van der Waals surface area contributed by atoms with Gasteiger partial charge in [-0.05, 0) is 42.1 Å². The summed E-state index contributed by atoms with van der Waals surface area (Å²) in [6.45, 7) is 0.0887. The van der Waals surface area contributed by atoms with Crippen molar-refractivity contribution in [3.05, 3.63) is 99.7 Å². The summed E-state index contributed by atoms with van der Waals surface area (Å²) < 4.78 is 19.7. The minimum absolute atomic E-state index is 0.0887. The monoisotopic (exact) mass is 438 g/mol. The smallest absolute Gasteiger partial charge is 0.264 e. The molecule has 1 heterocycles. The Balaban J connectivity index is 1.54. The molecule has 1 N–H and O–H groups in total. The van der Waals surface area contributed by atoms with Gasteiger partial charge in [-0.25, -0.2) is 9.38 Å². The fourth-order valence-corrected chi connectivity index (χ4v) is 3.78. The molecule has 0 atom stereocenters. The lowest BCUT2D eigenvalue weighted by atomic mass is 10.1. The number of benzene rings is 3. The highest BCUT2D eigenvalue weighted by Gasteiger charge is 2.24. The normalized spacial score (nSPS) is 16.1. The minimum Gasteiger partial charge on any atom is -0.488 e. The van der Waals surface area contributed by atoms with Crippen molar-refractivity contribution >= 4 is 46.2 Å². The lowest BCUT2D eigenvalue weighted by Crippen LogP contribution is -2.19. The number of nitrogens with zero attached hydrogens (tertiary/aromatic N) is 1. The first-order valence-electron chi connectivity index (χ1n) is 9.09. The summed E-state index contributed by atoms with van der Waals surface area (Å²) in [4.78, 5) is 17.3. The van der Waals surface area contributed by atoms with E-state index in [-0.39, 0.29) is 18.3 Å². The molecule has 4 rings (SSSR count). The lowest BCUT2D eigenvalue weighted by Gasteiger charge is -2.10. The summed E-state index contributed by atoms with van der Waals surface area (Å²) >= 11 is 7.35. The number of carbonyl (C=O) groups excluding carboxylic acids is 1. The van der Waals surface area contributed by atoms with E-state index in [4.69, 9.17) is 16.3 Å². The van der Waals surface area contributed by atoms with Gasteiger partial charge in [0.2, 0.25) is 0 Å². The van der Waals surface area contributed by atoms with Crippen LogP contribution in [0.5, 0.6) is 5.75 Å². The molecule has 0 bridgehead atoms. The molecule has 1 aliphatic rings. The Hall–Kier alpha value is -3.09. The van der Waals surface area contributed by atoms with Gasteiger partial charge in [-0.15, -0.1) is 0 Å². The number of ether oxygens (including phenoxy) is 1. The number of nitrogens with one attached hydrogen (secondary N) is 1. The van der Waals surface area contributed by atoms with Crippen LogP contribution in [-0.2, 0) is 11.4 Å². The zero-order valence-electron chi connectivity index (χ0n) is 15.6. The SMILES string of the molecule is O=C1NC(=Nc2ccccc2Cl)S/C1=C/c1ccccc1OCc1ccccc1F. The molecule has 0 radical (unpaired) electrons. The van der Waals surface area contributed by atoms with E-state index in [1.54, 1.807) is 42.5 Å². The highest BCUT2D eigenvalue weighted by molar-refractivity contribution is 8.18. The van der Waals surface area contributed by atoms with E-state index in [1.807, 2.05) is 30.3 Å². The first kappa shape index (κ1) is 20.2. The Bertz CT molecular complexity index is 1160. The van der Waals surface area contributed by atoms with Crippen molar-refractivity contribution in [2.24, 2.45) is 4.99 Å². The molecule has 4 nitrogen and oxygen atoms in total. The summed E-state index contributed by atoms with van der Waals surface area (Å²) in [6, 6.07) is 20.9. The van der Waals surface area contributed by atoms with E-state index in [0.29, 0.717) is 37.7 Å². The number of thioether (sulfide) groups is 1. The average Bonchev–Trinajstić information content (AvgIpc) is 3.09. The molecule has 3 aromatic rings. The number of halogens is 2. The predicted octanol–water partition coefficient (Wildman–Crippen LogP) is 5.95. The molecular weight excluding hydrogens is 423 g/mol. The molecule has 0 aromatic heterocycles. The van der Waals surface area contributed by atoms with Gasteiger partial charge in [0.25, 0.3) is 5.91 Å². The molecule has 0 saturated carbocycles. The number of para-hydroxylation sites is 2. The van der Waals surface area contributed by atoms with Crippen LogP contribution in [0, 0.1) is 5.82 Å². The number of amidine groups is 1. The van der Waals surface area contributed by atoms with E-state index in [1.165, 1.54) is 17.8 Å². The maximum Gasteiger partial charge on any atom is 0.264 e. The van der Waals surface area contributed by atoms with Crippen molar-refractivity contribution in [2.75, 3.05) is 0 Å². The first-order valence-corrected chi connectivity index (χ1v) is 10.3. The number of rotatable bonds is 5. The predicted molar refractivity (Wildman–Crippen MR) is 119 cm³/mol. The van der Waals surface area contributed by atoms with Crippen LogP contribution in [0.4, 0.5) is 10.1 Å². The van der Waals surface area contributed by atoms with E-state index >= 15 is 0 Å². The van der Waals surface area contributed by atoms with Gasteiger partial charge < -0.3 is 10.1 Å². The third kappa shape index (κ3) is 4.72. The molecule has 7 heteroatoms. The maximum absolute atomic E-state index is 13.9. The molecule has 3 aromatic carbocycles. The molecule has 150 valence electrons. The van der Waals surface area contributed by atoms with Crippen molar-refractivity contribution in [1.82, 2.24) is 5.32 Å². The topological polar surface area (TPSA) is 50.7 Å². The van der Waals surface area contributed by atoms with Crippen LogP contribution in [0.25, 0.3) is 6.08 Å². The summed E-state index contributed by atoms with van der Waals surface area (Å²) in [5.41, 5.74) is 1.75. The quantitative estimate of drug-likeness (QED) is 0.501. The van der Waals surface area contributed by atoms with Crippen LogP contribution in [0.1, 0.15) is 11.1 Å². The molecule has 1 fully saturated rings. The molecule has 1 amide bonds. The van der Waals surface area contributed by atoms with Gasteiger partial charge in [0.1, 0.15) is 18.2 Å². The van der Waals surface area contributed by atoms with E-state index in [0.717, 1.165) is 0 Å². The van der Waals surface area contributed by atoms with Crippen LogP contribution in [0.2, 0.25) is 5.02 Å². The van der Waals surface area contributed by atoms with Crippen LogP contribution in [0.3, 0.4) is 0 Å².